The van der Waals surface area contributed by atoms with E-state index >= 15 is 0 Å². The normalized spacial score (nSPS) is 17.1. The van der Waals surface area contributed by atoms with E-state index in [1.807, 2.05) is 12.3 Å². The molecule has 0 bridgehead atoms. The van der Waals surface area contributed by atoms with E-state index in [9.17, 15) is 0 Å². The Hall–Kier alpha value is -1.13. The predicted molar refractivity (Wildman–Crippen MR) is 68.9 cm³/mol. The molecule has 0 atom stereocenters. The minimum Gasteiger partial charge on any atom is -0.381 e. The first kappa shape index (κ1) is 12.3. The third-order valence-electron chi connectivity index (χ3n) is 3.33. The number of nitrogens with zero attached hydrogens (tertiary/aromatic N) is 2. The summed E-state index contributed by atoms with van der Waals surface area (Å²) in [5, 5.41) is 0. The van der Waals surface area contributed by atoms with Gasteiger partial charge < -0.3 is 15.4 Å². The fourth-order valence-electron chi connectivity index (χ4n) is 2.18. The minimum absolute atomic E-state index is 0.504. The Balaban J connectivity index is 1.91. The lowest BCUT2D eigenvalue weighted by atomic mass is 10.00. The number of anilines is 1. The van der Waals surface area contributed by atoms with Crippen LogP contribution >= 0.6 is 0 Å². The lowest BCUT2D eigenvalue weighted by molar-refractivity contribution is 0.0685. The van der Waals surface area contributed by atoms with E-state index in [4.69, 9.17) is 10.5 Å². The van der Waals surface area contributed by atoms with Crippen LogP contribution in [0.3, 0.4) is 0 Å². The van der Waals surface area contributed by atoms with Gasteiger partial charge in [-0.25, -0.2) is 0 Å². The van der Waals surface area contributed by atoms with Gasteiger partial charge in [-0.2, -0.15) is 0 Å². The van der Waals surface area contributed by atoms with E-state index in [1.54, 1.807) is 0 Å². The lowest BCUT2D eigenvalue weighted by Crippen LogP contribution is -2.29. The zero-order valence-electron chi connectivity index (χ0n) is 10.4. The molecule has 2 heterocycles. The number of nitrogens with two attached hydrogens (primary N) is 1. The molecule has 4 nitrogen and oxygen atoms in total. The third-order valence-corrected chi connectivity index (χ3v) is 3.33. The van der Waals surface area contributed by atoms with Crippen molar-refractivity contribution in [2.75, 3.05) is 31.7 Å². The molecule has 2 N–H and O–H groups in total. The average molecular weight is 235 g/mol. The van der Waals surface area contributed by atoms with E-state index in [0.717, 1.165) is 37.1 Å². The molecule has 0 amide bonds. The average Bonchev–Trinajstić information content (AvgIpc) is 2.40. The van der Waals surface area contributed by atoms with Crippen molar-refractivity contribution in [3.05, 3.63) is 24.0 Å². The summed E-state index contributed by atoms with van der Waals surface area (Å²) >= 11 is 0. The molecule has 94 valence electrons. The number of aromatic nitrogens is 1. The fraction of sp³-hybridized carbons (Fsp3) is 0.615. The summed E-state index contributed by atoms with van der Waals surface area (Å²) in [7, 11) is 2.12. The van der Waals surface area contributed by atoms with Gasteiger partial charge in [0.25, 0.3) is 0 Å². The van der Waals surface area contributed by atoms with Crippen LogP contribution in [-0.4, -0.2) is 31.8 Å². The van der Waals surface area contributed by atoms with Crippen LogP contribution in [0.15, 0.2) is 18.3 Å². The molecule has 17 heavy (non-hydrogen) atoms. The SMILES string of the molecule is CN(CC1CCOCC1)c1ccc(CN)nc1. The topological polar surface area (TPSA) is 51.4 Å². The molecular formula is C13H21N3O. The van der Waals surface area contributed by atoms with E-state index in [2.05, 4.69) is 23.0 Å². The van der Waals surface area contributed by atoms with Gasteiger partial charge in [0.05, 0.1) is 17.6 Å². The molecular weight excluding hydrogens is 214 g/mol. The van der Waals surface area contributed by atoms with Crippen LogP contribution in [-0.2, 0) is 11.3 Å². The van der Waals surface area contributed by atoms with Gasteiger partial charge in [0.2, 0.25) is 0 Å². The Kier molecular flexibility index (Phi) is 4.34. The molecule has 1 aliphatic rings. The van der Waals surface area contributed by atoms with Crippen molar-refractivity contribution in [2.45, 2.75) is 19.4 Å². The van der Waals surface area contributed by atoms with Crippen LogP contribution in [0.25, 0.3) is 0 Å². The maximum Gasteiger partial charge on any atom is 0.0550 e. The first-order valence-corrected chi connectivity index (χ1v) is 6.23. The van der Waals surface area contributed by atoms with E-state index < -0.39 is 0 Å². The largest absolute Gasteiger partial charge is 0.381 e. The van der Waals surface area contributed by atoms with Crippen molar-refractivity contribution in [1.29, 1.82) is 0 Å². The predicted octanol–water partition coefficient (Wildman–Crippen LogP) is 1.40. The molecule has 0 spiro atoms. The van der Waals surface area contributed by atoms with E-state index in [0.29, 0.717) is 6.54 Å². The van der Waals surface area contributed by atoms with Crippen LogP contribution in [0, 0.1) is 5.92 Å². The van der Waals surface area contributed by atoms with Crippen molar-refractivity contribution < 1.29 is 4.74 Å². The molecule has 1 aromatic heterocycles. The quantitative estimate of drug-likeness (QED) is 0.857. The molecule has 1 saturated heterocycles. The van der Waals surface area contributed by atoms with Crippen LogP contribution < -0.4 is 10.6 Å². The van der Waals surface area contributed by atoms with Crippen molar-refractivity contribution >= 4 is 5.69 Å². The minimum atomic E-state index is 0.504. The highest BCUT2D eigenvalue weighted by atomic mass is 16.5. The Morgan fingerprint density at radius 3 is 2.76 bits per heavy atom. The van der Waals surface area contributed by atoms with Gasteiger partial charge in [-0.05, 0) is 30.9 Å². The summed E-state index contributed by atoms with van der Waals surface area (Å²) in [5.41, 5.74) is 7.63. The Bertz CT molecular complexity index is 333. The number of hydrogen-bond acceptors (Lipinski definition) is 4. The van der Waals surface area contributed by atoms with Gasteiger partial charge >= 0.3 is 0 Å². The molecule has 2 rings (SSSR count). The highest BCUT2D eigenvalue weighted by Gasteiger charge is 2.16. The smallest absolute Gasteiger partial charge is 0.0550 e. The van der Waals surface area contributed by atoms with Crippen LogP contribution in [0.2, 0.25) is 0 Å². The van der Waals surface area contributed by atoms with Gasteiger partial charge in [-0.3, -0.25) is 4.98 Å². The second kappa shape index (κ2) is 5.98. The number of rotatable bonds is 4. The highest BCUT2D eigenvalue weighted by Crippen LogP contribution is 2.19. The molecule has 4 heteroatoms. The van der Waals surface area contributed by atoms with E-state index in [-0.39, 0.29) is 0 Å². The van der Waals surface area contributed by atoms with Crippen molar-refractivity contribution in [3.63, 3.8) is 0 Å². The first-order chi connectivity index (χ1) is 8.29. The summed E-state index contributed by atoms with van der Waals surface area (Å²) in [4.78, 5) is 6.59. The lowest BCUT2D eigenvalue weighted by Gasteiger charge is -2.28. The molecule has 0 saturated carbocycles. The highest BCUT2D eigenvalue weighted by molar-refractivity contribution is 5.43. The fourth-order valence-corrected chi connectivity index (χ4v) is 2.18. The van der Waals surface area contributed by atoms with Gasteiger partial charge in [0, 0.05) is 33.4 Å². The Labute approximate surface area is 103 Å². The van der Waals surface area contributed by atoms with Crippen molar-refractivity contribution in [3.8, 4) is 0 Å². The number of hydrogen-bond donors (Lipinski definition) is 1. The summed E-state index contributed by atoms with van der Waals surface area (Å²) < 4.78 is 5.37. The summed E-state index contributed by atoms with van der Waals surface area (Å²) in [6, 6.07) is 4.09. The standard InChI is InChI=1S/C13H21N3O/c1-16(10-11-4-6-17-7-5-11)13-3-2-12(8-14)15-9-13/h2-3,9,11H,4-8,10,14H2,1H3. The third kappa shape index (κ3) is 3.41. The first-order valence-electron chi connectivity index (χ1n) is 6.23. The molecule has 0 radical (unpaired) electrons. The monoisotopic (exact) mass is 235 g/mol. The molecule has 1 aliphatic heterocycles. The van der Waals surface area contributed by atoms with Crippen LogP contribution in [0.4, 0.5) is 5.69 Å². The zero-order valence-corrected chi connectivity index (χ0v) is 10.4. The van der Waals surface area contributed by atoms with Gasteiger partial charge in [0.1, 0.15) is 0 Å². The second-order valence-electron chi connectivity index (χ2n) is 4.65. The Morgan fingerprint density at radius 1 is 1.41 bits per heavy atom. The molecule has 0 aliphatic carbocycles. The van der Waals surface area contributed by atoms with Crippen LogP contribution in [0.1, 0.15) is 18.5 Å². The van der Waals surface area contributed by atoms with Gasteiger partial charge in [0.15, 0.2) is 0 Å². The van der Waals surface area contributed by atoms with Gasteiger partial charge in [-0.15, -0.1) is 0 Å². The maximum atomic E-state index is 5.54. The van der Waals surface area contributed by atoms with Gasteiger partial charge in [-0.1, -0.05) is 0 Å². The van der Waals surface area contributed by atoms with Crippen molar-refractivity contribution in [2.24, 2.45) is 11.7 Å². The molecule has 1 aromatic rings. The molecule has 0 unspecified atom stereocenters. The maximum absolute atomic E-state index is 5.54. The number of ether oxygens (including phenoxy) is 1. The second-order valence-corrected chi connectivity index (χ2v) is 4.65. The van der Waals surface area contributed by atoms with Crippen LogP contribution in [0.5, 0.6) is 0 Å². The van der Waals surface area contributed by atoms with Crippen molar-refractivity contribution in [1.82, 2.24) is 4.98 Å². The summed E-state index contributed by atoms with van der Waals surface area (Å²) in [6.07, 6.45) is 4.23. The number of pyridine rings is 1. The Morgan fingerprint density at radius 2 is 2.18 bits per heavy atom. The molecule has 1 fully saturated rings. The molecule has 0 aromatic carbocycles. The summed E-state index contributed by atoms with van der Waals surface area (Å²) in [6.45, 7) is 3.39. The summed E-state index contributed by atoms with van der Waals surface area (Å²) in [5.74, 6) is 0.739. The van der Waals surface area contributed by atoms with E-state index in [1.165, 1.54) is 12.8 Å². The zero-order chi connectivity index (χ0) is 12.1.